The molecule has 0 bridgehead atoms. The molecule has 1 heterocycles. The highest BCUT2D eigenvalue weighted by atomic mass is 19.4. The van der Waals surface area contributed by atoms with Crippen LogP contribution in [0.3, 0.4) is 0 Å². The molecular formula is C26H27F7N2O3. The lowest BCUT2D eigenvalue weighted by Gasteiger charge is -2.40. The molecule has 0 spiro atoms. The normalized spacial score (nSPS) is 18.4. The van der Waals surface area contributed by atoms with Gasteiger partial charge in [-0.25, -0.2) is 4.39 Å². The van der Waals surface area contributed by atoms with Gasteiger partial charge in [0.1, 0.15) is 5.82 Å². The van der Waals surface area contributed by atoms with Crippen molar-refractivity contribution in [2.24, 2.45) is 5.92 Å². The molecule has 0 radical (unpaired) electrons. The summed E-state index contributed by atoms with van der Waals surface area (Å²) in [5.74, 6) is -2.73. The maximum absolute atomic E-state index is 13.8. The van der Waals surface area contributed by atoms with Crippen LogP contribution in [0, 0.1) is 18.7 Å². The van der Waals surface area contributed by atoms with Crippen LogP contribution in [0.15, 0.2) is 36.4 Å². The molecule has 0 aliphatic carbocycles. The van der Waals surface area contributed by atoms with E-state index in [0.29, 0.717) is 23.3 Å². The van der Waals surface area contributed by atoms with Crippen LogP contribution >= 0.6 is 0 Å². The summed E-state index contributed by atoms with van der Waals surface area (Å²) >= 11 is 0. The molecule has 2 aromatic carbocycles. The molecule has 38 heavy (non-hydrogen) atoms. The topological polar surface area (TPSA) is 60.9 Å². The Bertz CT molecular complexity index is 1150. The summed E-state index contributed by atoms with van der Waals surface area (Å²) in [6, 6.07) is 5.17. The fraction of sp³-hybridized carbons (Fsp3) is 0.462. The van der Waals surface area contributed by atoms with Crippen molar-refractivity contribution in [1.82, 2.24) is 9.80 Å². The number of rotatable bonds is 6. The number of aliphatic hydroxyl groups is 1. The van der Waals surface area contributed by atoms with Crippen molar-refractivity contribution < 1.29 is 45.4 Å². The second kappa shape index (κ2) is 11.3. The van der Waals surface area contributed by atoms with Crippen LogP contribution in [-0.4, -0.2) is 53.5 Å². The largest absolute Gasteiger partial charge is 0.416 e. The van der Waals surface area contributed by atoms with E-state index < -0.39 is 53.6 Å². The van der Waals surface area contributed by atoms with Crippen LogP contribution in [-0.2, 0) is 28.5 Å². The van der Waals surface area contributed by atoms with E-state index in [4.69, 9.17) is 5.11 Å². The Morgan fingerprint density at radius 2 is 1.63 bits per heavy atom. The molecule has 2 aromatic rings. The van der Waals surface area contributed by atoms with Gasteiger partial charge in [0.25, 0.3) is 0 Å². The number of piperidine rings is 1. The van der Waals surface area contributed by atoms with Gasteiger partial charge in [0.15, 0.2) is 0 Å². The number of alkyl halides is 6. The number of carbonyl (C=O) groups excluding carboxylic acids is 2. The Kier molecular flexibility index (Phi) is 8.75. The number of amides is 2. The van der Waals surface area contributed by atoms with Crippen LogP contribution in [0.2, 0.25) is 0 Å². The zero-order chi connectivity index (χ0) is 28.4. The van der Waals surface area contributed by atoms with Crippen molar-refractivity contribution >= 4 is 11.8 Å². The van der Waals surface area contributed by atoms with Gasteiger partial charge in [-0.1, -0.05) is 6.07 Å². The first-order chi connectivity index (χ1) is 17.6. The number of hydrogen-bond acceptors (Lipinski definition) is 3. The number of halogens is 7. The smallest absolute Gasteiger partial charge is 0.396 e. The standard InChI is InChI=1S/C26H27F7N2O3/c1-15-9-19(27)3-4-20(15)22-14-35(23(37)6-8-36)7-5-21(22)24(38)34(2)13-16-10-17(25(28,29)30)12-18(11-16)26(31,32)33/h3-4,9-12,21-22,36H,5-8,13-14H2,1-2H3. The van der Waals surface area contributed by atoms with E-state index in [1.165, 1.54) is 30.1 Å². The van der Waals surface area contributed by atoms with Gasteiger partial charge in [0.2, 0.25) is 11.8 Å². The highest BCUT2D eigenvalue weighted by molar-refractivity contribution is 5.81. The van der Waals surface area contributed by atoms with Gasteiger partial charge in [0, 0.05) is 44.9 Å². The summed E-state index contributed by atoms with van der Waals surface area (Å²) in [4.78, 5) is 28.5. The summed E-state index contributed by atoms with van der Waals surface area (Å²) in [6.45, 7) is 1.01. The van der Waals surface area contributed by atoms with Crippen molar-refractivity contribution in [1.29, 1.82) is 0 Å². The van der Waals surface area contributed by atoms with Crippen molar-refractivity contribution in [3.05, 3.63) is 70.0 Å². The zero-order valence-corrected chi connectivity index (χ0v) is 20.7. The SMILES string of the molecule is Cc1cc(F)ccc1C1CN(C(=O)CCO)CCC1C(=O)N(C)Cc1cc(C(F)(F)F)cc(C(F)(F)F)c1. The van der Waals surface area contributed by atoms with Crippen molar-refractivity contribution in [3.63, 3.8) is 0 Å². The Hall–Kier alpha value is -3.15. The van der Waals surface area contributed by atoms with Crippen LogP contribution in [0.25, 0.3) is 0 Å². The number of aliphatic hydroxyl groups excluding tert-OH is 1. The quantitative estimate of drug-likeness (QED) is 0.509. The number of aryl methyl sites for hydroxylation is 1. The van der Waals surface area contributed by atoms with E-state index in [0.717, 1.165) is 4.90 Å². The predicted molar refractivity (Wildman–Crippen MR) is 123 cm³/mol. The second-order valence-corrected chi connectivity index (χ2v) is 9.42. The number of benzene rings is 2. The van der Waals surface area contributed by atoms with Crippen LogP contribution in [0.1, 0.15) is 46.6 Å². The van der Waals surface area contributed by atoms with E-state index in [9.17, 15) is 40.3 Å². The lowest BCUT2D eigenvalue weighted by Crippen LogP contribution is -2.48. The van der Waals surface area contributed by atoms with Gasteiger partial charge in [0.05, 0.1) is 17.7 Å². The minimum atomic E-state index is -5.02. The Balaban J connectivity index is 1.92. The molecule has 1 saturated heterocycles. The van der Waals surface area contributed by atoms with Gasteiger partial charge in [-0.15, -0.1) is 0 Å². The number of nitrogens with zero attached hydrogens (tertiary/aromatic N) is 2. The van der Waals surface area contributed by atoms with E-state index in [-0.39, 0.29) is 50.1 Å². The van der Waals surface area contributed by atoms with E-state index in [2.05, 4.69) is 0 Å². The molecule has 0 saturated carbocycles. The lowest BCUT2D eigenvalue weighted by atomic mass is 9.78. The molecule has 2 atom stereocenters. The number of likely N-dealkylation sites (tertiary alicyclic amines) is 1. The molecule has 208 valence electrons. The third-order valence-corrected chi connectivity index (χ3v) is 6.68. The average Bonchev–Trinajstić information content (AvgIpc) is 2.82. The highest BCUT2D eigenvalue weighted by Gasteiger charge is 2.40. The molecule has 12 heteroatoms. The van der Waals surface area contributed by atoms with Crippen LogP contribution in [0.4, 0.5) is 30.7 Å². The first-order valence-corrected chi connectivity index (χ1v) is 11.8. The van der Waals surface area contributed by atoms with E-state index in [1.54, 1.807) is 6.92 Å². The fourth-order valence-corrected chi connectivity index (χ4v) is 4.84. The van der Waals surface area contributed by atoms with Gasteiger partial charge >= 0.3 is 12.4 Å². The van der Waals surface area contributed by atoms with E-state index in [1.807, 2.05) is 0 Å². The second-order valence-electron chi connectivity index (χ2n) is 9.42. The Morgan fingerprint density at radius 1 is 1.03 bits per heavy atom. The van der Waals surface area contributed by atoms with Crippen molar-refractivity contribution in [3.8, 4) is 0 Å². The van der Waals surface area contributed by atoms with Gasteiger partial charge in [-0.3, -0.25) is 9.59 Å². The summed E-state index contributed by atoms with van der Waals surface area (Å²) in [7, 11) is 1.29. The maximum Gasteiger partial charge on any atom is 0.416 e. The molecule has 1 aliphatic heterocycles. The number of carbonyl (C=O) groups is 2. The Labute approximate surface area is 214 Å². The molecule has 2 unspecified atom stereocenters. The minimum Gasteiger partial charge on any atom is -0.396 e. The molecule has 1 N–H and O–H groups in total. The van der Waals surface area contributed by atoms with Gasteiger partial charge in [-0.05, 0) is 60.4 Å². The van der Waals surface area contributed by atoms with Crippen molar-refractivity contribution in [2.75, 3.05) is 26.7 Å². The molecule has 1 aliphatic rings. The first kappa shape index (κ1) is 29.4. The third kappa shape index (κ3) is 6.83. The summed E-state index contributed by atoms with van der Waals surface area (Å²) in [5, 5.41) is 9.13. The lowest BCUT2D eigenvalue weighted by molar-refractivity contribution is -0.143. The van der Waals surface area contributed by atoms with Gasteiger partial charge < -0.3 is 14.9 Å². The predicted octanol–water partition coefficient (Wildman–Crippen LogP) is 5.14. The molecule has 1 fully saturated rings. The van der Waals surface area contributed by atoms with Crippen LogP contribution in [0.5, 0.6) is 0 Å². The fourth-order valence-electron chi connectivity index (χ4n) is 4.84. The molecule has 2 amide bonds. The van der Waals surface area contributed by atoms with Crippen molar-refractivity contribution in [2.45, 2.75) is 44.6 Å². The summed E-state index contributed by atoms with van der Waals surface area (Å²) < 4.78 is 93.3. The first-order valence-electron chi connectivity index (χ1n) is 11.8. The highest BCUT2D eigenvalue weighted by Crippen LogP contribution is 2.38. The van der Waals surface area contributed by atoms with Crippen LogP contribution < -0.4 is 0 Å². The molecular weight excluding hydrogens is 521 g/mol. The average molecular weight is 548 g/mol. The number of hydrogen-bond donors (Lipinski definition) is 1. The zero-order valence-electron chi connectivity index (χ0n) is 20.7. The monoisotopic (exact) mass is 548 g/mol. The Morgan fingerprint density at radius 3 is 2.16 bits per heavy atom. The van der Waals surface area contributed by atoms with E-state index >= 15 is 0 Å². The van der Waals surface area contributed by atoms with Gasteiger partial charge in [-0.2, -0.15) is 26.3 Å². The third-order valence-electron chi connectivity index (χ3n) is 6.68. The summed E-state index contributed by atoms with van der Waals surface area (Å²) in [5.41, 5.74) is -2.16. The minimum absolute atomic E-state index is 0.0256. The molecule has 0 aromatic heterocycles. The maximum atomic E-state index is 13.8. The summed E-state index contributed by atoms with van der Waals surface area (Å²) in [6.07, 6.45) is -9.99. The molecule has 3 rings (SSSR count). The molecule has 5 nitrogen and oxygen atoms in total.